The Morgan fingerprint density at radius 3 is 2.10 bits per heavy atom. The van der Waals surface area contributed by atoms with Gasteiger partial charge in [-0.3, -0.25) is 9.59 Å². The molecule has 0 aliphatic heterocycles. The van der Waals surface area contributed by atoms with E-state index in [1.807, 2.05) is 0 Å². The van der Waals surface area contributed by atoms with E-state index in [2.05, 4.69) is 0 Å². The van der Waals surface area contributed by atoms with Crippen LogP contribution < -0.4 is 5.73 Å². The van der Waals surface area contributed by atoms with Crippen molar-refractivity contribution in [3.05, 3.63) is 29.1 Å². The lowest BCUT2D eigenvalue weighted by molar-refractivity contribution is -0.163. The first-order chi connectivity index (χ1) is 9.78. The fourth-order valence-electron chi connectivity index (χ4n) is 2.10. The molecule has 116 valence electrons. The van der Waals surface area contributed by atoms with E-state index in [0.29, 0.717) is 5.56 Å². The molecule has 5 nitrogen and oxygen atoms in total. The van der Waals surface area contributed by atoms with Crippen LogP contribution in [0.25, 0.3) is 0 Å². The standard InChI is InChI=1S/C15H20FNO4/c1-5-20-13(18)15(4,14(19)21-6-2)10-8-11(16)12(17)7-9(10)3/h7-8H,5-6,17H2,1-4H3. The second-order valence-corrected chi connectivity index (χ2v) is 4.75. The van der Waals surface area contributed by atoms with Crippen molar-refractivity contribution in [2.75, 3.05) is 18.9 Å². The molecule has 0 heterocycles. The third-order valence-corrected chi connectivity index (χ3v) is 3.25. The summed E-state index contributed by atoms with van der Waals surface area (Å²) < 4.78 is 23.7. The van der Waals surface area contributed by atoms with Gasteiger partial charge < -0.3 is 15.2 Å². The van der Waals surface area contributed by atoms with Gasteiger partial charge in [0.25, 0.3) is 0 Å². The maximum absolute atomic E-state index is 13.8. The van der Waals surface area contributed by atoms with Crippen molar-refractivity contribution in [1.29, 1.82) is 0 Å². The van der Waals surface area contributed by atoms with Gasteiger partial charge in [-0.25, -0.2) is 4.39 Å². The minimum atomic E-state index is -1.73. The molecule has 21 heavy (non-hydrogen) atoms. The van der Waals surface area contributed by atoms with Crippen LogP contribution >= 0.6 is 0 Å². The van der Waals surface area contributed by atoms with Gasteiger partial charge in [0.15, 0.2) is 5.41 Å². The molecule has 0 saturated carbocycles. The van der Waals surface area contributed by atoms with Gasteiger partial charge in [0.1, 0.15) is 5.82 Å². The summed E-state index contributed by atoms with van der Waals surface area (Å²) in [6.07, 6.45) is 0. The summed E-state index contributed by atoms with van der Waals surface area (Å²) >= 11 is 0. The van der Waals surface area contributed by atoms with Crippen LogP contribution in [0.4, 0.5) is 10.1 Å². The molecule has 0 aliphatic carbocycles. The van der Waals surface area contributed by atoms with Gasteiger partial charge in [0.05, 0.1) is 18.9 Å². The van der Waals surface area contributed by atoms with Crippen molar-refractivity contribution < 1.29 is 23.5 Å². The number of benzene rings is 1. The number of halogens is 1. The first-order valence-corrected chi connectivity index (χ1v) is 6.69. The predicted octanol–water partition coefficient (Wildman–Crippen LogP) is 2.10. The highest BCUT2D eigenvalue weighted by Crippen LogP contribution is 2.32. The smallest absolute Gasteiger partial charge is 0.327 e. The lowest BCUT2D eigenvalue weighted by Crippen LogP contribution is -2.44. The zero-order valence-corrected chi connectivity index (χ0v) is 12.7. The van der Waals surface area contributed by atoms with Crippen LogP contribution in [0.1, 0.15) is 31.9 Å². The second kappa shape index (κ2) is 6.56. The van der Waals surface area contributed by atoms with Crippen LogP contribution in [0, 0.1) is 12.7 Å². The van der Waals surface area contributed by atoms with Gasteiger partial charge in [-0.1, -0.05) is 0 Å². The Kier molecular flexibility index (Phi) is 5.29. The van der Waals surface area contributed by atoms with Crippen LogP contribution in [0.5, 0.6) is 0 Å². The first-order valence-electron chi connectivity index (χ1n) is 6.69. The Morgan fingerprint density at radius 2 is 1.67 bits per heavy atom. The molecule has 0 aromatic heterocycles. The summed E-state index contributed by atoms with van der Waals surface area (Å²) in [7, 11) is 0. The van der Waals surface area contributed by atoms with E-state index in [1.54, 1.807) is 20.8 Å². The second-order valence-electron chi connectivity index (χ2n) is 4.75. The topological polar surface area (TPSA) is 78.6 Å². The van der Waals surface area contributed by atoms with Crippen LogP contribution in [0.2, 0.25) is 0 Å². The molecule has 0 amide bonds. The Labute approximate surface area is 123 Å². The van der Waals surface area contributed by atoms with E-state index in [0.717, 1.165) is 6.07 Å². The Balaban J connectivity index is 3.47. The number of hydrogen-bond donors (Lipinski definition) is 1. The zero-order chi connectivity index (χ0) is 16.2. The molecule has 0 unspecified atom stereocenters. The highest BCUT2D eigenvalue weighted by molar-refractivity contribution is 6.06. The van der Waals surface area contributed by atoms with Gasteiger partial charge in [-0.2, -0.15) is 0 Å². The lowest BCUT2D eigenvalue weighted by atomic mass is 9.79. The highest BCUT2D eigenvalue weighted by atomic mass is 19.1. The van der Waals surface area contributed by atoms with E-state index < -0.39 is 23.2 Å². The number of ether oxygens (including phenoxy) is 2. The summed E-state index contributed by atoms with van der Waals surface area (Å²) in [6.45, 7) is 6.46. The fraction of sp³-hybridized carbons (Fsp3) is 0.467. The number of nitrogen functional groups attached to an aromatic ring is 1. The Hall–Kier alpha value is -2.11. The molecular formula is C15H20FNO4. The molecule has 6 heteroatoms. The van der Waals surface area contributed by atoms with Crippen LogP contribution in [0.3, 0.4) is 0 Å². The van der Waals surface area contributed by atoms with Crippen molar-refractivity contribution in [2.45, 2.75) is 33.1 Å². The molecule has 0 bridgehead atoms. The largest absolute Gasteiger partial charge is 0.465 e. The van der Waals surface area contributed by atoms with Crippen molar-refractivity contribution in [3.8, 4) is 0 Å². The number of anilines is 1. The van der Waals surface area contributed by atoms with E-state index in [4.69, 9.17) is 15.2 Å². The van der Waals surface area contributed by atoms with Gasteiger partial charge in [-0.15, -0.1) is 0 Å². The predicted molar refractivity (Wildman–Crippen MR) is 76.2 cm³/mol. The average molecular weight is 297 g/mol. The van der Waals surface area contributed by atoms with Crippen LogP contribution in [-0.2, 0) is 24.5 Å². The summed E-state index contributed by atoms with van der Waals surface area (Å²) in [5.41, 5.74) is 4.41. The summed E-state index contributed by atoms with van der Waals surface area (Å²) in [5.74, 6) is -2.26. The van der Waals surface area contributed by atoms with Crippen LogP contribution in [0.15, 0.2) is 12.1 Å². The van der Waals surface area contributed by atoms with Gasteiger partial charge in [0.2, 0.25) is 0 Å². The molecule has 0 radical (unpaired) electrons. The molecule has 0 aliphatic rings. The van der Waals surface area contributed by atoms with Gasteiger partial charge >= 0.3 is 11.9 Å². The Bertz CT molecular complexity index is 539. The number of carbonyl (C=O) groups is 2. The maximum atomic E-state index is 13.8. The summed E-state index contributed by atoms with van der Waals surface area (Å²) in [5, 5.41) is 0. The van der Waals surface area contributed by atoms with E-state index in [1.165, 1.54) is 13.0 Å². The van der Waals surface area contributed by atoms with Gasteiger partial charge in [0, 0.05) is 0 Å². The molecular weight excluding hydrogens is 277 g/mol. The van der Waals surface area contributed by atoms with Crippen LogP contribution in [-0.4, -0.2) is 25.2 Å². The summed E-state index contributed by atoms with van der Waals surface area (Å²) in [4.78, 5) is 24.5. The quantitative estimate of drug-likeness (QED) is 0.511. The zero-order valence-electron chi connectivity index (χ0n) is 12.7. The van der Waals surface area contributed by atoms with Crippen molar-refractivity contribution in [3.63, 3.8) is 0 Å². The van der Waals surface area contributed by atoms with E-state index in [-0.39, 0.29) is 24.5 Å². The number of nitrogens with two attached hydrogens (primary N) is 1. The molecule has 0 atom stereocenters. The fourth-order valence-corrected chi connectivity index (χ4v) is 2.10. The van der Waals surface area contributed by atoms with Crippen molar-refractivity contribution in [2.24, 2.45) is 0 Å². The van der Waals surface area contributed by atoms with Gasteiger partial charge in [-0.05, 0) is 51.0 Å². The molecule has 0 fully saturated rings. The third kappa shape index (κ3) is 3.15. The minimum Gasteiger partial charge on any atom is -0.465 e. The third-order valence-electron chi connectivity index (χ3n) is 3.25. The molecule has 1 aromatic carbocycles. The number of rotatable bonds is 5. The molecule has 0 saturated heterocycles. The van der Waals surface area contributed by atoms with Crippen molar-refractivity contribution in [1.82, 2.24) is 0 Å². The summed E-state index contributed by atoms with van der Waals surface area (Å²) in [6, 6.07) is 2.46. The number of hydrogen-bond acceptors (Lipinski definition) is 5. The normalized spacial score (nSPS) is 11.1. The first kappa shape index (κ1) is 16.9. The number of esters is 2. The molecule has 2 N–H and O–H groups in total. The SMILES string of the molecule is CCOC(=O)C(C)(C(=O)OCC)c1cc(F)c(N)cc1C. The lowest BCUT2D eigenvalue weighted by Gasteiger charge is -2.27. The maximum Gasteiger partial charge on any atom is 0.327 e. The van der Waals surface area contributed by atoms with E-state index in [9.17, 15) is 14.0 Å². The minimum absolute atomic E-state index is 0.0497. The number of carbonyl (C=O) groups excluding carboxylic acids is 2. The number of aryl methyl sites for hydroxylation is 1. The molecule has 1 aromatic rings. The molecule has 1 rings (SSSR count). The van der Waals surface area contributed by atoms with E-state index >= 15 is 0 Å². The molecule has 0 spiro atoms. The Morgan fingerprint density at radius 1 is 1.19 bits per heavy atom. The van der Waals surface area contributed by atoms with Crippen molar-refractivity contribution >= 4 is 17.6 Å². The monoisotopic (exact) mass is 297 g/mol. The average Bonchev–Trinajstić information content (AvgIpc) is 2.42. The highest BCUT2D eigenvalue weighted by Gasteiger charge is 2.47.